The summed E-state index contributed by atoms with van der Waals surface area (Å²) < 4.78 is 12.9. The highest BCUT2D eigenvalue weighted by Gasteiger charge is 2.18. The van der Waals surface area contributed by atoms with Crippen LogP contribution in [0.1, 0.15) is 30.6 Å². The first-order valence-corrected chi connectivity index (χ1v) is 6.76. The lowest BCUT2D eigenvalue weighted by Gasteiger charge is -2.23. The zero-order valence-corrected chi connectivity index (χ0v) is 11.5. The van der Waals surface area contributed by atoms with E-state index in [1.165, 1.54) is 12.1 Å². The Balaban J connectivity index is 1.98. The van der Waals surface area contributed by atoms with Crippen LogP contribution >= 0.6 is 0 Å². The molecular formula is C16H19FN2O. The van der Waals surface area contributed by atoms with E-state index in [0.717, 1.165) is 17.5 Å². The van der Waals surface area contributed by atoms with Gasteiger partial charge in [0.2, 0.25) is 0 Å². The van der Waals surface area contributed by atoms with Gasteiger partial charge in [-0.3, -0.25) is 4.98 Å². The lowest BCUT2D eigenvalue weighted by Crippen LogP contribution is -2.34. The molecule has 1 heterocycles. The number of halogens is 1. The summed E-state index contributed by atoms with van der Waals surface area (Å²) >= 11 is 0. The summed E-state index contributed by atoms with van der Waals surface area (Å²) in [6.45, 7) is 2.65. The minimum absolute atomic E-state index is 0.0827. The van der Waals surface area contributed by atoms with Crippen LogP contribution in [0.15, 0.2) is 48.8 Å². The van der Waals surface area contributed by atoms with Gasteiger partial charge in [-0.1, -0.05) is 25.1 Å². The van der Waals surface area contributed by atoms with E-state index in [-0.39, 0.29) is 11.9 Å². The van der Waals surface area contributed by atoms with E-state index < -0.39 is 6.10 Å². The number of aliphatic hydroxyl groups is 1. The number of hydrogen-bond acceptors (Lipinski definition) is 3. The van der Waals surface area contributed by atoms with Crippen molar-refractivity contribution in [2.45, 2.75) is 32.0 Å². The van der Waals surface area contributed by atoms with Crippen molar-refractivity contribution in [1.29, 1.82) is 0 Å². The Bertz CT molecular complexity index is 516. The van der Waals surface area contributed by atoms with Crippen molar-refractivity contribution in [2.75, 3.05) is 0 Å². The molecule has 1 aromatic heterocycles. The smallest absolute Gasteiger partial charge is 0.123 e. The molecule has 1 aromatic carbocycles. The molecule has 2 unspecified atom stereocenters. The second kappa shape index (κ2) is 7.12. The molecule has 0 bridgehead atoms. The minimum atomic E-state index is -0.655. The largest absolute Gasteiger partial charge is 0.387 e. The molecule has 2 rings (SSSR count). The molecule has 0 aliphatic carbocycles. The highest BCUT2D eigenvalue weighted by atomic mass is 19.1. The van der Waals surface area contributed by atoms with E-state index in [1.807, 2.05) is 19.1 Å². The lowest BCUT2D eigenvalue weighted by molar-refractivity contribution is 0.125. The fourth-order valence-electron chi connectivity index (χ4n) is 2.12. The minimum Gasteiger partial charge on any atom is -0.387 e. The summed E-state index contributed by atoms with van der Waals surface area (Å²) in [5.41, 5.74) is 1.79. The molecule has 2 N–H and O–H groups in total. The molecule has 0 aliphatic heterocycles. The number of aliphatic hydroxyl groups excluding tert-OH is 1. The van der Waals surface area contributed by atoms with Gasteiger partial charge in [-0.25, -0.2) is 4.39 Å². The van der Waals surface area contributed by atoms with Crippen molar-refractivity contribution in [3.8, 4) is 0 Å². The summed E-state index contributed by atoms with van der Waals surface area (Å²) in [5.74, 6) is -0.294. The Hall–Kier alpha value is -1.78. The first-order valence-electron chi connectivity index (χ1n) is 6.76. The normalized spacial score (nSPS) is 13.9. The summed E-state index contributed by atoms with van der Waals surface area (Å²) in [7, 11) is 0. The molecule has 4 heteroatoms. The third-order valence-corrected chi connectivity index (χ3v) is 3.32. The zero-order chi connectivity index (χ0) is 14.4. The molecule has 0 spiro atoms. The molecule has 0 saturated carbocycles. The van der Waals surface area contributed by atoms with Crippen LogP contribution in [-0.4, -0.2) is 16.1 Å². The van der Waals surface area contributed by atoms with Gasteiger partial charge in [0.15, 0.2) is 0 Å². The van der Waals surface area contributed by atoms with Crippen LogP contribution in [0, 0.1) is 5.82 Å². The van der Waals surface area contributed by atoms with E-state index in [1.54, 1.807) is 24.5 Å². The Morgan fingerprint density at radius 1 is 1.25 bits per heavy atom. The second-order valence-corrected chi connectivity index (χ2v) is 4.75. The molecule has 2 aromatic rings. The molecular weight excluding hydrogens is 255 g/mol. The van der Waals surface area contributed by atoms with E-state index in [0.29, 0.717) is 6.54 Å². The number of rotatable bonds is 6. The summed E-state index contributed by atoms with van der Waals surface area (Å²) in [6, 6.07) is 9.76. The molecule has 0 saturated heterocycles. The van der Waals surface area contributed by atoms with Gasteiger partial charge in [0.1, 0.15) is 5.82 Å². The Morgan fingerprint density at radius 3 is 2.60 bits per heavy atom. The van der Waals surface area contributed by atoms with Crippen LogP contribution < -0.4 is 5.32 Å². The number of pyridine rings is 1. The van der Waals surface area contributed by atoms with Crippen LogP contribution in [0.4, 0.5) is 4.39 Å². The van der Waals surface area contributed by atoms with Crippen molar-refractivity contribution in [1.82, 2.24) is 10.3 Å². The molecule has 20 heavy (non-hydrogen) atoms. The van der Waals surface area contributed by atoms with E-state index >= 15 is 0 Å². The summed E-state index contributed by atoms with van der Waals surface area (Å²) in [6.07, 6.45) is 3.65. The standard InChI is InChI=1S/C16H19FN2O/c1-2-15(19-11-12-4-3-9-18-10-12)16(20)13-5-7-14(17)8-6-13/h3-10,15-16,19-20H,2,11H2,1H3. The molecule has 106 valence electrons. The van der Waals surface area contributed by atoms with Gasteiger partial charge in [-0.2, -0.15) is 0 Å². The first-order chi connectivity index (χ1) is 9.70. The van der Waals surface area contributed by atoms with Gasteiger partial charge >= 0.3 is 0 Å². The maximum Gasteiger partial charge on any atom is 0.123 e. The predicted octanol–water partition coefficient (Wildman–Crippen LogP) is 2.82. The van der Waals surface area contributed by atoms with Crippen LogP contribution in [0.3, 0.4) is 0 Å². The molecule has 3 nitrogen and oxygen atoms in total. The van der Waals surface area contributed by atoms with Gasteiger partial charge in [0.25, 0.3) is 0 Å². The predicted molar refractivity (Wildman–Crippen MR) is 76.5 cm³/mol. The summed E-state index contributed by atoms with van der Waals surface area (Å²) in [4.78, 5) is 4.06. The van der Waals surface area contributed by atoms with E-state index in [4.69, 9.17) is 0 Å². The Kier molecular flexibility index (Phi) is 5.21. The quantitative estimate of drug-likeness (QED) is 0.851. The van der Waals surface area contributed by atoms with Gasteiger partial charge in [0.05, 0.1) is 6.10 Å². The highest BCUT2D eigenvalue weighted by Crippen LogP contribution is 2.19. The van der Waals surface area contributed by atoms with Gasteiger partial charge in [-0.05, 0) is 35.7 Å². The second-order valence-electron chi connectivity index (χ2n) is 4.75. The monoisotopic (exact) mass is 274 g/mol. The number of nitrogens with one attached hydrogen (secondary N) is 1. The third kappa shape index (κ3) is 3.85. The van der Waals surface area contributed by atoms with E-state index in [2.05, 4.69) is 10.3 Å². The maximum atomic E-state index is 12.9. The topological polar surface area (TPSA) is 45.2 Å². The average molecular weight is 274 g/mol. The van der Waals surface area contributed by atoms with Crippen LogP contribution in [0.5, 0.6) is 0 Å². The van der Waals surface area contributed by atoms with Crippen molar-refractivity contribution in [3.63, 3.8) is 0 Å². The van der Waals surface area contributed by atoms with E-state index in [9.17, 15) is 9.50 Å². The van der Waals surface area contributed by atoms with Crippen LogP contribution in [0.2, 0.25) is 0 Å². The average Bonchev–Trinajstić information content (AvgIpc) is 2.49. The summed E-state index contributed by atoms with van der Waals surface area (Å²) in [5, 5.41) is 13.7. The molecule has 0 amide bonds. The lowest BCUT2D eigenvalue weighted by atomic mass is 10.00. The maximum absolute atomic E-state index is 12.9. The first kappa shape index (κ1) is 14.6. The fourth-order valence-corrected chi connectivity index (χ4v) is 2.12. The number of hydrogen-bond donors (Lipinski definition) is 2. The Morgan fingerprint density at radius 2 is 2.00 bits per heavy atom. The van der Waals surface area contributed by atoms with Gasteiger partial charge in [0, 0.05) is 25.0 Å². The van der Waals surface area contributed by atoms with Crippen molar-refractivity contribution in [3.05, 3.63) is 65.7 Å². The third-order valence-electron chi connectivity index (χ3n) is 3.32. The SMILES string of the molecule is CCC(NCc1cccnc1)C(O)c1ccc(F)cc1. The molecule has 0 radical (unpaired) electrons. The number of benzene rings is 1. The van der Waals surface area contributed by atoms with Gasteiger partial charge < -0.3 is 10.4 Å². The molecule has 0 aliphatic rings. The molecule has 2 atom stereocenters. The van der Waals surface area contributed by atoms with Gasteiger partial charge in [-0.15, -0.1) is 0 Å². The molecule has 0 fully saturated rings. The highest BCUT2D eigenvalue weighted by molar-refractivity contribution is 5.20. The van der Waals surface area contributed by atoms with Crippen LogP contribution in [0.25, 0.3) is 0 Å². The zero-order valence-electron chi connectivity index (χ0n) is 11.5. The van der Waals surface area contributed by atoms with Crippen LogP contribution in [-0.2, 0) is 6.54 Å². The fraction of sp³-hybridized carbons (Fsp3) is 0.312. The van der Waals surface area contributed by atoms with Crippen molar-refractivity contribution < 1.29 is 9.50 Å². The Labute approximate surface area is 118 Å². The van der Waals surface area contributed by atoms with Crippen molar-refractivity contribution >= 4 is 0 Å². The van der Waals surface area contributed by atoms with Crippen molar-refractivity contribution in [2.24, 2.45) is 0 Å². The number of aromatic nitrogens is 1. The number of nitrogens with zero attached hydrogens (tertiary/aromatic N) is 1.